The van der Waals surface area contributed by atoms with Crippen molar-refractivity contribution < 1.29 is 19.1 Å². The first-order chi connectivity index (χ1) is 16.8. The Morgan fingerprint density at radius 1 is 1.00 bits per heavy atom. The van der Waals surface area contributed by atoms with Gasteiger partial charge in [0.1, 0.15) is 11.0 Å². The van der Waals surface area contributed by atoms with Gasteiger partial charge in [-0.25, -0.2) is 14.8 Å². The highest BCUT2D eigenvalue weighted by Crippen LogP contribution is 2.38. The highest BCUT2D eigenvalue weighted by Gasteiger charge is 2.42. The van der Waals surface area contributed by atoms with Crippen molar-refractivity contribution in [3.63, 3.8) is 0 Å². The van der Waals surface area contributed by atoms with E-state index in [1.165, 1.54) is 9.80 Å². The summed E-state index contributed by atoms with van der Waals surface area (Å²) in [6.45, 7) is 6.74. The van der Waals surface area contributed by atoms with Crippen LogP contribution >= 0.6 is 11.6 Å². The zero-order valence-corrected chi connectivity index (χ0v) is 19.7. The molecular weight excluding hydrogens is 470 g/mol. The molecule has 10 heteroatoms. The molecular formula is C25H22ClN5O4. The molecule has 0 saturated carbocycles. The van der Waals surface area contributed by atoms with Gasteiger partial charge in [-0.2, -0.15) is 0 Å². The van der Waals surface area contributed by atoms with E-state index in [0.717, 1.165) is 5.39 Å². The molecule has 1 fully saturated rings. The summed E-state index contributed by atoms with van der Waals surface area (Å²) in [6, 6.07) is 13.9. The van der Waals surface area contributed by atoms with Gasteiger partial charge in [0.05, 0.1) is 0 Å². The van der Waals surface area contributed by atoms with Gasteiger partial charge in [0.25, 0.3) is 5.91 Å². The van der Waals surface area contributed by atoms with Crippen LogP contribution in [0.5, 0.6) is 0 Å². The molecule has 2 aromatic heterocycles. The largest absolute Gasteiger partial charge is 0.420 e. The van der Waals surface area contributed by atoms with Crippen molar-refractivity contribution in [2.24, 2.45) is 0 Å². The molecule has 178 valence electrons. The number of benzene rings is 1. The minimum atomic E-state index is -0.995. The highest BCUT2D eigenvalue weighted by molar-refractivity contribution is 6.29. The molecule has 0 radical (unpaired) electrons. The second kappa shape index (κ2) is 8.99. The fraction of sp³-hybridized carbons (Fsp3) is 0.240. The van der Waals surface area contributed by atoms with Gasteiger partial charge in [0.2, 0.25) is 12.1 Å². The number of piperazine rings is 1. The summed E-state index contributed by atoms with van der Waals surface area (Å²) in [5, 5.41) is 1.04. The second-order valence-corrected chi connectivity index (χ2v) is 8.80. The second-order valence-electron chi connectivity index (χ2n) is 8.41. The van der Waals surface area contributed by atoms with Gasteiger partial charge in [-0.3, -0.25) is 14.5 Å². The maximum absolute atomic E-state index is 13.3. The summed E-state index contributed by atoms with van der Waals surface area (Å²) < 4.78 is 5.88. The minimum absolute atomic E-state index is 0.129. The van der Waals surface area contributed by atoms with Crippen molar-refractivity contribution in [2.45, 2.75) is 13.2 Å². The third kappa shape index (κ3) is 4.19. The van der Waals surface area contributed by atoms with E-state index in [0.29, 0.717) is 54.3 Å². The predicted octanol–water partition coefficient (Wildman–Crippen LogP) is 3.80. The number of rotatable bonds is 3. The Morgan fingerprint density at radius 3 is 2.43 bits per heavy atom. The average molecular weight is 492 g/mol. The molecule has 0 N–H and O–H groups in total. The monoisotopic (exact) mass is 491 g/mol. The Labute approximate surface area is 206 Å². The summed E-state index contributed by atoms with van der Waals surface area (Å²) in [6.07, 6.45) is -1.57. The molecule has 35 heavy (non-hydrogen) atoms. The maximum atomic E-state index is 13.3. The molecule has 0 bridgehead atoms. The number of aromatic nitrogens is 2. The molecule has 1 saturated heterocycles. The lowest BCUT2D eigenvalue weighted by Gasteiger charge is -2.35. The standard InChI is InChI=1S/C25H22ClN5O4/c1-15(2)22(32)29-11-13-30(14-12-29)25(34)35-24-18-6-4-3-5-17(18)23(33)31(24)20-10-8-16-7-9-19(26)27-21(16)28-20/h3-10,24H,1,11-14H2,2H3. The van der Waals surface area contributed by atoms with E-state index in [1.807, 2.05) is 0 Å². The number of anilines is 1. The summed E-state index contributed by atoms with van der Waals surface area (Å²) >= 11 is 6.03. The third-order valence-corrected chi connectivity index (χ3v) is 6.27. The van der Waals surface area contributed by atoms with Crippen LogP contribution in [0.2, 0.25) is 5.15 Å². The number of ether oxygens (including phenoxy) is 1. The van der Waals surface area contributed by atoms with Crippen molar-refractivity contribution >= 4 is 46.4 Å². The predicted molar refractivity (Wildman–Crippen MR) is 130 cm³/mol. The van der Waals surface area contributed by atoms with Gasteiger partial charge in [-0.05, 0) is 37.3 Å². The van der Waals surface area contributed by atoms with Gasteiger partial charge in [-0.15, -0.1) is 0 Å². The van der Waals surface area contributed by atoms with Crippen LogP contribution in [-0.4, -0.2) is 63.9 Å². The van der Waals surface area contributed by atoms with Crippen LogP contribution in [0.25, 0.3) is 11.0 Å². The molecule has 1 atom stereocenters. The maximum Gasteiger partial charge on any atom is 0.412 e. The van der Waals surface area contributed by atoms with Crippen molar-refractivity contribution in [1.82, 2.24) is 19.8 Å². The van der Waals surface area contributed by atoms with Crippen LogP contribution in [-0.2, 0) is 9.53 Å². The third-order valence-electron chi connectivity index (χ3n) is 6.06. The number of hydrogen-bond donors (Lipinski definition) is 0. The Morgan fingerprint density at radius 2 is 1.69 bits per heavy atom. The SMILES string of the molecule is C=C(C)C(=O)N1CCN(C(=O)OC2c3ccccc3C(=O)N2c2ccc3ccc(Cl)nc3n2)CC1. The normalized spacial score (nSPS) is 17.5. The molecule has 0 spiro atoms. The van der Waals surface area contributed by atoms with Crippen molar-refractivity contribution in [1.29, 1.82) is 0 Å². The average Bonchev–Trinajstić information content (AvgIpc) is 3.14. The van der Waals surface area contributed by atoms with Crippen molar-refractivity contribution in [3.8, 4) is 0 Å². The number of nitrogens with zero attached hydrogens (tertiary/aromatic N) is 5. The lowest BCUT2D eigenvalue weighted by molar-refractivity contribution is -0.128. The van der Waals surface area contributed by atoms with E-state index in [-0.39, 0.29) is 17.0 Å². The fourth-order valence-electron chi connectivity index (χ4n) is 4.25. The Balaban J connectivity index is 1.41. The number of pyridine rings is 2. The topological polar surface area (TPSA) is 95.9 Å². The van der Waals surface area contributed by atoms with Crippen LogP contribution < -0.4 is 4.90 Å². The Hall–Kier alpha value is -3.98. The van der Waals surface area contributed by atoms with Crippen LogP contribution in [0.15, 0.2) is 60.7 Å². The molecule has 9 nitrogen and oxygen atoms in total. The van der Waals surface area contributed by atoms with E-state index < -0.39 is 12.3 Å². The first-order valence-corrected chi connectivity index (χ1v) is 11.5. The molecule has 2 aliphatic rings. The van der Waals surface area contributed by atoms with Gasteiger partial charge in [0.15, 0.2) is 5.65 Å². The molecule has 5 rings (SSSR count). The van der Waals surface area contributed by atoms with E-state index in [4.69, 9.17) is 16.3 Å². The van der Waals surface area contributed by atoms with Crippen LogP contribution in [0.4, 0.5) is 10.6 Å². The van der Waals surface area contributed by atoms with Crippen LogP contribution in [0.1, 0.15) is 29.1 Å². The molecule has 1 aromatic carbocycles. The number of carbonyl (C=O) groups excluding carboxylic acids is 3. The summed E-state index contributed by atoms with van der Waals surface area (Å²) in [7, 11) is 0. The zero-order chi connectivity index (χ0) is 24.7. The van der Waals surface area contributed by atoms with Gasteiger partial charge in [0, 0.05) is 48.3 Å². The van der Waals surface area contributed by atoms with Gasteiger partial charge in [-0.1, -0.05) is 36.4 Å². The molecule has 3 amide bonds. The van der Waals surface area contributed by atoms with Crippen molar-refractivity contribution in [3.05, 3.63) is 77.0 Å². The fourth-order valence-corrected chi connectivity index (χ4v) is 4.40. The summed E-state index contributed by atoms with van der Waals surface area (Å²) in [5.41, 5.74) is 1.84. The van der Waals surface area contributed by atoms with E-state index in [1.54, 1.807) is 60.4 Å². The Kier molecular flexibility index (Phi) is 5.86. The number of halogens is 1. The van der Waals surface area contributed by atoms with Gasteiger partial charge < -0.3 is 14.5 Å². The quantitative estimate of drug-likeness (QED) is 0.408. The lowest BCUT2D eigenvalue weighted by atomic mass is 10.1. The van der Waals surface area contributed by atoms with Crippen molar-refractivity contribution in [2.75, 3.05) is 31.1 Å². The highest BCUT2D eigenvalue weighted by atomic mass is 35.5. The smallest absolute Gasteiger partial charge is 0.412 e. The molecule has 3 aromatic rings. The molecule has 1 unspecified atom stereocenters. The molecule has 4 heterocycles. The zero-order valence-electron chi connectivity index (χ0n) is 19.0. The van der Waals surface area contributed by atoms with E-state index in [9.17, 15) is 14.4 Å². The number of amides is 3. The number of fused-ring (bicyclic) bond motifs is 2. The van der Waals surface area contributed by atoms with Gasteiger partial charge >= 0.3 is 6.09 Å². The first-order valence-electron chi connectivity index (χ1n) is 11.1. The summed E-state index contributed by atoms with van der Waals surface area (Å²) in [4.78, 5) is 51.9. The summed E-state index contributed by atoms with van der Waals surface area (Å²) in [5.74, 6) is -0.164. The molecule has 0 aliphatic carbocycles. The minimum Gasteiger partial charge on any atom is -0.420 e. The lowest BCUT2D eigenvalue weighted by Crippen LogP contribution is -2.51. The number of hydrogen-bond acceptors (Lipinski definition) is 6. The van der Waals surface area contributed by atoms with Crippen LogP contribution in [0.3, 0.4) is 0 Å². The first kappa shape index (κ1) is 22.8. The number of carbonyl (C=O) groups is 3. The Bertz CT molecular complexity index is 1370. The van der Waals surface area contributed by atoms with Crippen LogP contribution in [0, 0.1) is 0 Å². The molecule has 2 aliphatic heterocycles. The van der Waals surface area contributed by atoms with E-state index >= 15 is 0 Å². The van der Waals surface area contributed by atoms with E-state index in [2.05, 4.69) is 16.5 Å².